The zero-order valence-electron chi connectivity index (χ0n) is 13.2. The summed E-state index contributed by atoms with van der Waals surface area (Å²) in [5.74, 6) is -2.87. The van der Waals surface area contributed by atoms with Crippen LogP contribution in [-0.4, -0.2) is 24.1 Å². The minimum atomic E-state index is -2.56. The Morgan fingerprint density at radius 1 is 1.12 bits per heavy atom. The van der Waals surface area contributed by atoms with Crippen LogP contribution in [0.5, 0.6) is 0 Å². The maximum Gasteiger partial charge on any atom is 0.288 e. The standard InChI is InChI=1S/C18H16F2N2O2S/c19-18(20)25-15-5-2-1-4-14(15)21-17(24)12-7-9-13(10-8-12)22-11-3-6-16(22)23/h1-2,4-5,7-10,18H,3,6,11H2,(H,21,24). The number of hydrogen-bond donors (Lipinski definition) is 1. The maximum atomic E-state index is 12.6. The van der Waals surface area contributed by atoms with Crippen molar-refractivity contribution in [2.45, 2.75) is 23.5 Å². The lowest BCUT2D eigenvalue weighted by Crippen LogP contribution is -2.23. The van der Waals surface area contributed by atoms with Gasteiger partial charge in [-0.2, -0.15) is 8.78 Å². The van der Waals surface area contributed by atoms with Crippen LogP contribution in [0.4, 0.5) is 20.2 Å². The maximum absolute atomic E-state index is 12.6. The smallest absolute Gasteiger partial charge is 0.288 e. The number of benzene rings is 2. The molecule has 25 heavy (non-hydrogen) atoms. The summed E-state index contributed by atoms with van der Waals surface area (Å²) in [4.78, 5) is 26.1. The molecule has 0 saturated carbocycles. The van der Waals surface area contributed by atoms with Crippen LogP contribution in [0.3, 0.4) is 0 Å². The van der Waals surface area contributed by atoms with Crippen LogP contribution in [0.15, 0.2) is 53.4 Å². The monoisotopic (exact) mass is 362 g/mol. The molecule has 0 aliphatic carbocycles. The van der Waals surface area contributed by atoms with Gasteiger partial charge < -0.3 is 10.2 Å². The van der Waals surface area contributed by atoms with E-state index in [2.05, 4.69) is 5.32 Å². The fourth-order valence-electron chi connectivity index (χ4n) is 2.68. The highest BCUT2D eigenvalue weighted by molar-refractivity contribution is 7.99. The Balaban J connectivity index is 1.73. The van der Waals surface area contributed by atoms with Gasteiger partial charge in [-0.15, -0.1) is 0 Å². The molecule has 0 radical (unpaired) electrons. The number of alkyl halides is 2. The van der Waals surface area contributed by atoms with Crippen LogP contribution < -0.4 is 10.2 Å². The SMILES string of the molecule is O=C(Nc1ccccc1SC(F)F)c1ccc(N2CCCC2=O)cc1. The largest absolute Gasteiger partial charge is 0.321 e. The zero-order valence-corrected chi connectivity index (χ0v) is 14.1. The molecule has 1 aliphatic rings. The Morgan fingerprint density at radius 2 is 1.84 bits per heavy atom. The molecule has 130 valence electrons. The van der Waals surface area contributed by atoms with E-state index >= 15 is 0 Å². The first-order valence-corrected chi connectivity index (χ1v) is 8.68. The summed E-state index contributed by atoms with van der Waals surface area (Å²) < 4.78 is 25.2. The second kappa shape index (κ2) is 7.65. The predicted molar refractivity (Wildman–Crippen MR) is 94.3 cm³/mol. The highest BCUT2D eigenvalue weighted by atomic mass is 32.2. The van der Waals surface area contributed by atoms with E-state index in [1.54, 1.807) is 47.4 Å². The molecule has 1 N–H and O–H groups in total. The second-order valence-corrected chi connectivity index (χ2v) is 6.56. The number of thioether (sulfide) groups is 1. The molecule has 7 heteroatoms. The van der Waals surface area contributed by atoms with Gasteiger partial charge in [0.15, 0.2) is 0 Å². The molecule has 2 amide bonds. The summed E-state index contributed by atoms with van der Waals surface area (Å²) in [6, 6.07) is 13.1. The highest BCUT2D eigenvalue weighted by Gasteiger charge is 2.21. The first-order valence-electron chi connectivity index (χ1n) is 7.80. The summed E-state index contributed by atoms with van der Waals surface area (Å²) in [6.45, 7) is 0.683. The van der Waals surface area contributed by atoms with Gasteiger partial charge in [-0.1, -0.05) is 23.9 Å². The van der Waals surface area contributed by atoms with E-state index in [0.717, 1.165) is 12.1 Å². The molecule has 0 atom stereocenters. The predicted octanol–water partition coefficient (Wildman–Crippen LogP) is 4.38. The number of amides is 2. The number of anilines is 2. The molecule has 0 spiro atoms. The van der Waals surface area contributed by atoms with E-state index in [1.807, 2.05) is 0 Å². The van der Waals surface area contributed by atoms with Crippen molar-refractivity contribution in [2.75, 3.05) is 16.8 Å². The van der Waals surface area contributed by atoms with Gasteiger partial charge >= 0.3 is 0 Å². The van der Waals surface area contributed by atoms with Crippen LogP contribution in [0.1, 0.15) is 23.2 Å². The van der Waals surface area contributed by atoms with Crippen LogP contribution in [0.25, 0.3) is 0 Å². The summed E-state index contributed by atoms with van der Waals surface area (Å²) in [5, 5.41) is 2.66. The molecule has 0 unspecified atom stereocenters. The van der Waals surface area contributed by atoms with Gasteiger partial charge in [0.25, 0.3) is 11.7 Å². The van der Waals surface area contributed by atoms with Crippen LogP contribution in [-0.2, 0) is 4.79 Å². The van der Waals surface area contributed by atoms with E-state index < -0.39 is 5.76 Å². The van der Waals surface area contributed by atoms with Crippen molar-refractivity contribution in [3.63, 3.8) is 0 Å². The minimum Gasteiger partial charge on any atom is -0.321 e. The Kier molecular flexibility index (Phi) is 5.33. The summed E-state index contributed by atoms with van der Waals surface area (Å²) in [6.07, 6.45) is 1.38. The molecule has 1 saturated heterocycles. The van der Waals surface area contributed by atoms with E-state index in [-0.39, 0.29) is 11.8 Å². The third-order valence-electron chi connectivity index (χ3n) is 3.87. The molecule has 0 bridgehead atoms. The molecular weight excluding hydrogens is 346 g/mol. The number of halogens is 2. The lowest BCUT2D eigenvalue weighted by atomic mass is 10.1. The van der Waals surface area contributed by atoms with Crippen molar-refractivity contribution in [1.82, 2.24) is 0 Å². The molecule has 2 aromatic carbocycles. The summed E-state index contributed by atoms with van der Waals surface area (Å²) >= 11 is 0.390. The van der Waals surface area contributed by atoms with Crippen LogP contribution in [0.2, 0.25) is 0 Å². The van der Waals surface area contributed by atoms with Gasteiger partial charge in [-0.3, -0.25) is 9.59 Å². The van der Waals surface area contributed by atoms with Gasteiger partial charge in [-0.05, 0) is 42.8 Å². The molecule has 1 aliphatic heterocycles. The zero-order chi connectivity index (χ0) is 17.8. The average Bonchev–Trinajstić information content (AvgIpc) is 3.02. The number of carbonyl (C=O) groups is 2. The number of hydrogen-bond acceptors (Lipinski definition) is 3. The molecule has 4 nitrogen and oxygen atoms in total. The Labute approximate surface area is 148 Å². The molecule has 0 aromatic heterocycles. The quantitative estimate of drug-likeness (QED) is 0.803. The lowest BCUT2D eigenvalue weighted by Gasteiger charge is -2.16. The Hall–Kier alpha value is -2.41. The summed E-state index contributed by atoms with van der Waals surface area (Å²) in [7, 11) is 0. The van der Waals surface area contributed by atoms with Crippen molar-refractivity contribution in [3.05, 3.63) is 54.1 Å². The van der Waals surface area contributed by atoms with E-state index in [1.165, 1.54) is 6.07 Å². The fourth-order valence-corrected chi connectivity index (χ4v) is 3.27. The van der Waals surface area contributed by atoms with E-state index in [9.17, 15) is 18.4 Å². The number of para-hydroxylation sites is 1. The van der Waals surface area contributed by atoms with Crippen LogP contribution in [0, 0.1) is 0 Å². The topological polar surface area (TPSA) is 49.4 Å². The molecule has 1 fully saturated rings. The number of carbonyl (C=O) groups excluding carboxylic acids is 2. The number of nitrogens with zero attached hydrogens (tertiary/aromatic N) is 1. The Bertz CT molecular complexity index is 781. The van der Waals surface area contributed by atoms with Gasteiger partial charge in [0, 0.05) is 29.1 Å². The second-order valence-electron chi connectivity index (χ2n) is 5.52. The van der Waals surface area contributed by atoms with Gasteiger partial charge in [0.2, 0.25) is 5.91 Å². The fraction of sp³-hybridized carbons (Fsp3) is 0.222. The first kappa shape index (κ1) is 17.4. The lowest BCUT2D eigenvalue weighted by molar-refractivity contribution is -0.117. The molecule has 3 rings (SSSR count). The van der Waals surface area contributed by atoms with Crippen molar-refractivity contribution in [2.24, 2.45) is 0 Å². The van der Waals surface area contributed by atoms with Crippen molar-refractivity contribution < 1.29 is 18.4 Å². The van der Waals surface area contributed by atoms with Crippen molar-refractivity contribution >= 4 is 35.0 Å². The summed E-state index contributed by atoms with van der Waals surface area (Å²) in [5.41, 5.74) is 1.50. The molecule has 1 heterocycles. The van der Waals surface area contributed by atoms with E-state index in [0.29, 0.717) is 40.9 Å². The number of rotatable bonds is 5. The van der Waals surface area contributed by atoms with Gasteiger partial charge in [-0.25, -0.2) is 0 Å². The molecular formula is C18H16F2N2O2S. The van der Waals surface area contributed by atoms with E-state index in [4.69, 9.17) is 0 Å². The van der Waals surface area contributed by atoms with Crippen molar-refractivity contribution in [1.29, 1.82) is 0 Å². The first-order chi connectivity index (χ1) is 12.0. The van der Waals surface area contributed by atoms with Crippen LogP contribution >= 0.6 is 11.8 Å². The average molecular weight is 362 g/mol. The van der Waals surface area contributed by atoms with Crippen molar-refractivity contribution in [3.8, 4) is 0 Å². The Morgan fingerprint density at radius 3 is 2.48 bits per heavy atom. The minimum absolute atomic E-state index is 0.0788. The highest BCUT2D eigenvalue weighted by Crippen LogP contribution is 2.32. The third kappa shape index (κ3) is 4.17. The molecule has 2 aromatic rings. The third-order valence-corrected chi connectivity index (χ3v) is 4.65. The van der Waals surface area contributed by atoms with Gasteiger partial charge in [0.05, 0.1) is 5.69 Å². The van der Waals surface area contributed by atoms with Gasteiger partial charge in [0.1, 0.15) is 0 Å². The normalized spacial score (nSPS) is 14.2. The number of nitrogens with one attached hydrogen (secondary N) is 1.